The lowest BCUT2D eigenvalue weighted by molar-refractivity contribution is 0.0673. The number of carbonyl (C=O) groups is 1. The smallest absolute Gasteiger partial charge is 0.293 e. The molecule has 1 aromatic heterocycles. The van der Waals surface area contributed by atoms with Crippen LogP contribution in [-0.4, -0.2) is 38.6 Å². The van der Waals surface area contributed by atoms with Crippen molar-refractivity contribution in [1.29, 1.82) is 0 Å². The van der Waals surface area contributed by atoms with Gasteiger partial charge in [-0.2, -0.15) is 0 Å². The number of unbranched alkanes of at least 4 members (excludes halogenated alkanes) is 1. The molecule has 1 N–H and O–H groups in total. The van der Waals surface area contributed by atoms with E-state index in [0.717, 1.165) is 31.6 Å². The van der Waals surface area contributed by atoms with Crippen molar-refractivity contribution in [2.75, 3.05) is 6.54 Å². The average Bonchev–Trinajstić information content (AvgIpc) is 2.88. The standard InChI is InChI=1S/C15H28N4O/c1-7-9-10-19(11(3)8-2)13(20)12-16-14(18-17-12)15(4,5)6/h11H,7-10H2,1-6H3,(H,16,17,18). The first-order chi connectivity index (χ1) is 9.31. The second-order valence-corrected chi connectivity index (χ2v) is 6.37. The van der Waals surface area contributed by atoms with Crippen LogP contribution in [-0.2, 0) is 5.41 Å². The molecule has 1 heterocycles. The van der Waals surface area contributed by atoms with E-state index in [4.69, 9.17) is 0 Å². The predicted octanol–water partition coefficient (Wildman–Crippen LogP) is 3.14. The van der Waals surface area contributed by atoms with Crippen molar-refractivity contribution in [2.24, 2.45) is 0 Å². The van der Waals surface area contributed by atoms with E-state index in [1.807, 2.05) is 25.7 Å². The summed E-state index contributed by atoms with van der Waals surface area (Å²) in [7, 11) is 0. The van der Waals surface area contributed by atoms with Gasteiger partial charge in [0, 0.05) is 18.0 Å². The predicted molar refractivity (Wildman–Crippen MR) is 80.8 cm³/mol. The van der Waals surface area contributed by atoms with Gasteiger partial charge in [0.05, 0.1) is 0 Å². The Kier molecular flexibility index (Phi) is 5.72. The quantitative estimate of drug-likeness (QED) is 0.870. The average molecular weight is 280 g/mol. The molecule has 0 bridgehead atoms. The summed E-state index contributed by atoms with van der Waals surface area (Å²) in [6.07, 6.45) is 3.01. The molecule has 0 radical (unpaired) electrons. The molecule has 1 atom stereocenters. The van der Waals surface area contributed by atoms with Crippen LogP contribution in [0.15, 0.2) is 0 Å². The van der Waals surface area contributed by atoms with Crippen LogP contribution in [0.3, 0.4) is 0 Å². The lowest BCUT2D eigenvalue weighted by Crippen LogP contribution is -2.39. The third-order valence-electron chi connectivity index (χ3n) is 3.52. The van der Waals surface area contributed by atoms with E-state index in [9.17, 15) is 4.79 Å². The molecule has 0 aliphatic heterocycles. The molecule has 0 spiro atoms. The van der Waals surface area contributed by atoms with E-state index in [0.29, 0.717) is 0 Å². The van der Waals surface area contributed by atoms with Crippen LogP contribution in [0.5, 0.6) is 0 Å². The summed E-state index contributed by atoms with van der Waals surface area (Å²) in [6.45, 7) is 13.2. The van der Waals surface area contributed by atoms with E-state index in [2.05, 4.69) is 36.0 Å². The van der Waals surface area contributed by atoms with E-state index >= 15 is 0 Å². The first-order valence-electron chi connectivity index (χ1n) is 7.55. The van der Waals surface area contributed by atoms with Crippen LogP contribution < -0.4 is 0 Å². The van der Waals surface area contributed by atoms with Gasteiger partial charge in [-0.1, -0.05) is 41.0 Å². The molecule has 0 saturated heterocycles. The Bertz CT molecular complexity index is 433. The first-order valence-corrected chi connectivity index (χ1v) is 7.55. The van der Waals surface area contributed by atoms with Gasteiger partial charge >= 0.3 is 0 Å². The Hall–Kier alpha value is -1.39. The second-order valence-electron chi connectivity index (χ2n) is 6.37. The van der Waals surface area contributed by atoms with Gasteiger partial charge in [-0.25, -0.2) is 4.98 Å². The van der Waals surface area contributed by atoms with E-state index in [1.165, 1.54) is 0 Å². The van der Waals surface area contributed by atoms with Crippen LogP contribution in [0.1, 0.15) is 77.2 Å². The zero-order valence-electron chi connectivity index (χ0n) is 13.7. The van der Waals surface area contributed by atoms with Crippen LogP contribution in [0.4, 0.5) is 0 Å². The van der Waals surface area contributed by atoms with Crippen molar-refractivity contribution < 1.29 is 4.79 Å². The molecule has 5 heteroatoms. The number of nitrogens with one attached hydrogen (secondary N) is 1. The van der Waals surface area contributed by atoms with Crippen molar-refractivity contribution in [3.63, 3.8) is 0 Å². The summed E-state index contributed by atoms with van der Waals surface area (Å²) >= 11 is 0. The Morgan fingerprint density at radius 3 is 2.45 bits per heavy atom. The fourth-order valence-corrected chi connectivity index (χ4v) is 1.89. The molecule has 1 unspecified atom stereocenters. The summed E-state index contributed by atoms with van der Waals surface area (Å²) < 4.78 is 0. The highest BCUT2D eigenvalue weighted by Crippen LogP contribution is 2.18. The SMILES string of the molecule is CCCCN(C(=O)c1n[nH]c(C(C)(C)C)n1)C(C)CC. The third-order valence-corrected chi connectivity index (χ3v) is 3.52. The largest absolute Gasteiger partial charge is 0.333 e. The minimum atomic E-state index is -0.129. The fourth-order valence-electron chi connectivity index (χ4n) is 1.89. The zero-order valence-corrected chi connectivity index (χ0v) is 13.7. The molecular formula is C15H28N4O. The molecule has 0 aliphatic rings. The summed E-state index contributed by atoms with van der Waals surface area (Å²) in [4.78, 5) is 18.8. The van der Waals surface area contributed by atoms with Crippen LogP contribution >= 0.6 is 0 Å². The topological polar surface area (TPSA) is 61.9 Å². The van der Waals surface area contributed by atoms with Crippen molar-refractivity contribution >= 4 is 5.91 Å². The number of aromatic nitrogens is 3. The van der Waals surface area contributed by atoms with Gasteiger partial charge in [-0.3, -0.25) is 9.89 Å². The van der Waals surface area contributed by atoms with Gasteiger partial charge in [-0.05, 0) is 19.8 Å². The number of hydrogen-bond acceptors (Lipinski definition) is 3. The number of aromatic amines is 1. The summed E-state index contributed by atoms with van der Waals surface area (Å²) in [5.41, 5.74) is -0.129. The number of nitrogens with zero attached hydrogens (tertiary/aromatic N) is 3. The lowest BCUT2D eigenvalue weighted by atomic mass is 9.96. The Morgan fingerprint density at radius 2 is 2.00 bits per heavy atom. The highest BCUT2D eigenvalue weighted by molar-refractivity contribution is 5.90. The minimum Gasteiger partial charge on any atom is -0.333 e. The second kappa shape index (κ2) is 6.86. The monoisotopic (exact) mass is 280 g/mol. The van der Waals surface area contributed by atoms with Gasteiger partial charge in [0.1, 0.15) is 5.82 Å². The van der Waals surface area contributed by atoms with Crippen molar-refractivity contribution in [3.05, 3.63) is 11.6 Å². The Labute approximate surface area is 122 Å². The molecule has 1 amide bonds. The van der Waals surface area contributed by atoms with E-state index in [-0.39, 0.29) is 23.2 Å². The van der Waals surface area contributed by atoms with E-state index < -0.39 is 0 Å². The number of hydrogen-bond donors (Lipinski definition) is 1. The highest BCUT2D eigenvalue weighted by Gasteiger charge is 2.26. The molecule has 5 nitrogen and oxygen atoms in total. The van der Waals surface area contributed by atoms with Crippen molar-refractivity contribution in [1.82, 2.24) is 20.1 Å². The van der Waals surface area contributed by atoms with Crippen LogP contribution in [0.25, 0.3) is 0 Å². The Morgan fingerprint density at radius 1 is 1.35 bits per heavy atom. The van der Waals surface area contributed by atoms with Crippen molar-refractivity contribution in [2.45, 2.75) is 72.3 Å². The maximum Gasteiger partial charge on any atom is 0.293 e. The number of H-pyrrole nitrogens is 1. The molecule has 20 heavy (non-hydrogen) atoms. The van der Waals surface area contributed by atoms with Gasteiger partial charge in [0.15, 0.2) is 0 Å². The third kappa shape index (κ3) is 4.05. The molecule has 1 aromatic rings. The fraction of sp³-hybridized carbons (Fsp3) is 0.800. The highest BCUT2D eigenvalue weighted by atomic mass is 16.2. The molecular weight excluding hydrogens is 252 g/mol. The maximum atomic E-state index is 12.6. The maximum absolute atomic E-state index is 12.6. The molecule has 0 aliphatic carbocycles. The summed E-state index contributed by atoms with van der Waals surface area (Å²) in [5, 5.41) is 6.99. The molecule has 1 rings (SSSR count). The van der Waals surface area contributed by atoms with E-state index in [1.54, 1.807) is 0 Å². The zero-order chi connectivity index (χ0) is 15.3. The molecule has 0 saturated carbocycles. The summed E-state index contributed by atoms with van der Waals surface area (Å²) in [5.74, 6) is 0.964. The summed E-state index contributed by atoms with van der Waals surface area (Å²) in [6, 6.07) is 0.214. The number of carbonyl (C=O) groups excluding carboxylic acids is 1. The van der Waals surface area contributed by atoms with Gasteiger partial charge in [0.25, 0.3) is 5.91 Å². The van der Waals surface area contributed by atoms with Gasteiger partial charge in [0.2, 0.25) is 5.82 Å². The molecule has 0 aromatic carbocycles. The lowest BCUT2D eigenvalue weighted by Gasteiger charge is -2.27. The normalized spacial score (nSPS) is 13.3. The minimum absolute atomic E-state index is 0.0699. The number of rotatable bonds is 6. The van der Waals surface area contributed by atoms with Crippen LogP contribution in [0, 0.1) is 0 Å². The number of amides is 1. The first kappa shape index (κ1) is 16.7. The molecule has 0 fully saturated rings. The van der Waals surface area contributed by atoms with Gasteiger partial charge in [-0.15, -0.1) is 5.10 Å². The van der Waals surface area contributed by atoms with Crippen LogP contribution in [0.2, 0.25) is 0 Å². The van der Waals surface area contributed by atoms with Gasteiger partial charge < -0.3 is 4.90 Å². The molecule has 114 valence electrons. The Balaban J connectivity index is 2.91. The van der Waals surface area contributed by atoms with Crippen molar-refractivity contribution in [3.8, 4) is 0 Å².